The van der Waals surface area contributed by atoms with Gasteiger partial charge in [-0.1, -0.05) is 17.4 Å². The van der Waals surface area contributed by atoms with Gasteiger partial charge in [0.25, 0.3) is 0 Å². The lowest BCUT2D eigenvalue weighted by molar-refractivity contribution is 0.974. The largest absolute Gasteiger partial charge is 0.217 e. The first-order chi connectivity index (χ1) is 6.43. The molecule has 3 aromatic rings. The summed E-state index contributed by atoms with van der Waals surface area (Å²) in [5.41, 5.74) is 2.80. The average molecular weight is 207 g/mol. The summed E-state index contributed by atoms with van der Waals surface area (Å²) >= 11 is 3.25. The Morgan fingerprint density at radius 3 is 3.08 bits per heavy atom. The summed E-state index contributed by atoms with van der Waals surface area (Å²) < 4.78 is 1.81. The molecule has 0 radical (unpaired) electrons. The zero-order valence-corrected chi connectivity index (χ0v) is 8.18. The van der Waals surface area contributed by atoms with Crippen LogP contribution in [0.3, 0.4) is 0 Å². The normalized spacial score (nSPS) is 11.1. The highest BCUT2D eigenvalue weighted by Gasteiger charge is 2.05. The molecule has 0 amide bonds. The third-order valence-electron chi connectivity index (χ3n) is 1.76. The molecule has 0 unspecified atom stereocenters. The third kappa shape index (κ3) is 1.08. The summed E-state index contributed by atoms with van der Waals surface area (Å²) in [6.07, 6.45) is 1.96. The van der Waals surface area contributed by atoms with Gasteiger partial charge < -0.3 is 0 Å². The first kappa shape index (κ1) is 7.23. The fourth-order valence-electron chi connectivity index (χ4n) is 1.18. The van der Waals surface area contributed by atoms with Crippen LogP contribution >= 0.6 is 22.7 Å². The Hall–Kier alpha value is -1.20. The molecule has 64 valence electrons. The van der Waals surface area contributed by atoms with Crippen LogP contribution in [0, 0.1) is 0 Å². The third-order valence-corrected chi connectivity index (χ3v) is 3.34. The molecule has 3 heterocycles. The van der Waals surface area contributed by atoms with E-state index < -0.39 is 0 Å². The van der Waals surface area contributed by atoms with Crippen LogP contribution in [0.15, 0.2) is 29.2 Å². The van der Waals surface area contributed by atoms with E-state index in [0.29, 0.717) is 0 Å². The zero-order valence-electron chi connectivity index (χ0n) is 6.54. The van der Waals surface area contributed by atoms with Gasteiger partial charge in [0.2, 0.25) is 4.96 Å². The molecule has 0 N–H and O–H groups in total. The van der Waals surface area contributed by atoms with E-state index in [1.165, 1.54) is 4.88 Å². The molecular formula is C8H5N3S2. The van der Waals surface area contributed by atoms with Crippen LogP contribution in [0.1, 0.15) is 0 Å². The summed E-state index contributed by atoms with van der Waals surface area (Å²) in [6.45, 7) is 0. The van der Waals surface area contributed by atoms with E-state index in [0.717, 1.165) is 10.7 Å². The van der Waals surface area contributed by atoms with Crippen molar-refractivity contribution >= 4 is 27.6 Å². The second-order valence-electron chi connectivity index (χ2n) is 2.57. The van der Waals surface area contributed by atoms with E-state index in [1.54, 1.807) is 32.7 Å². The van der Waals surface area contributed by atoms with Crippen LogP contribution in [0.5, 0.6) is 0 Å². The molecule has 0 saturated heterocycles. The van der Waals surface area contributed by atoms with Gasteiger partial charge in [0, 0.05) is 0 Å². The maximum atomic E-state index is 4.44. The van der Waals surface area contributed by atoms with Crippen molar-refractivity contribution in [2.75, 3.05) is 0 Å². The SMILES string of the molecule is c1csc(-c2cn3ncsc3n2)c1. The summed E-state index contributed by atoms with van der Waals surface area (Å²) in [7, 11) is 0. The van der Waals surface area contributed by atoms with Crippen LogP contribution in [0.25, 0.3) is 15.5 Å². The molecular weight excluding hydrogens is 202 g/mol. The number of fused-ring (bicyclic) bond motifs is 1. The van der Waals surface area contributed by atoms with Gasteiger partial charge in [0.1, 0.15) is 11.2 Å². The van der Waals surface area contributed by atoms with Crippen LogP contribution in [0.4, 0.5) is 0 Å². The summed E-state index contributed by atoms with van der Waals surface area (Å²) in [5, 5.41) is 6.18. The Morgan fingerprint density at radius 1 is 1.31 bits per heavy atom. The first-order valence-corrected chi connectivity index (χ1v) is 5.52. The fraction of sp³-hybridized carbons (Fsp3) is 0. The molecule has 0 aliphatic heterocycles. The fourth-order valence-corrected chi connectivity index (χ4v) is 2.46. The quantitative estimate of drug-likeness (QED) is 0.613. The van der Waals surface area contributed by atoms with E-state index in [-0.39, 0.29) is 0 Å². The predicted molar refractivity (Wildman–Crippen MR) is 54.2 cm³/mol. The minimum atomic E-state index is 0.948. The Bertz CT molecular complexity index is 492. The lowest BCUT2D eigenvalue weighted by Crippen LogP contribution is -1.75. The van der Waals surface area contributed by atoms with Gasteiger partial charge in [-0.3, -0.25) is 0 Å². The molecule has 13 heavy (non-hydrogen) atoms. The number of nitrogens with zero attached hydrogens (tertiary/aromatic N) is 3. The maximum Gasteiger partial charge on any atom is 0.212 e. The van der Waals surface area contributed by atoms with Gasteiger partial charge in [-0.05, 0) is 11.4 Å². The predicted octanol–water partition coefficient (Wildman–Crippen LogP) is 2.52. The summed E-state index contributed by atoms with van der Waals surface area (Å²) in [4.78, 5) is 6.58. The maximum absolute atomic E-state index is 4.44. The first-order valence-electron chi connectivity index (χ1n) is 3.76. The van der Waals surface area contributed by atoms with Gasteiger partial charge in [0.15, 0.2) is 0 Å². The van der Waals surface area contributed by atoms with Gasteiger partial charge in [-0.15, -0.1) is 11.3 Å². The monoisotopic (exact) mass is 207 g/mol. The number of thiophene rings is 1. The Morgan fingerprint density at radius 2 is 2.31 bits per heavy atom. The Labute approximate surface area is 82.3 Å². The topological polar surface area (TPSA) is 30.2 Å². The van der Waals surface area contributed by atoms with Gasteiger partial charge in [-0.25, -0.2) is 9.50 Å². The molecule has 0 fully saturated rings. The van der Waals surface area contributed by atoms with Crippen LogP contribution in [-0.2, 0) is 0 Å². The molecule has 0 saturated carbocycles. The second kappa shape index (κ2) is 2.65. The molecule has 5 heteroatoms. The van der Waals surface area contributed by atoms with Gasteiger partial charge in [-0.2, -0.15) is 5.10 Å². The Balaban J connectivity index is 2.23. The highest BCUT2D eigenvalue weighted by Crippen LogP contribution is 2.24. The smallest absolute Gasteiger partial charge is 0.212 e. The summed E-state index contributed by atoms with van der Waals surface area (Å²) in [6, 6.07) is 4.10. The number of rotatable bonds is 1. The standard InChI is InChI=1S/C8H5N3S2/c1-2-7(12-3-1)6-4-11-8(10-6)13-5-9-11/h1-5H. The van der Waals surface area contributed by atoms with Gasteiger partial charge >= 0.3 is 0 Å². The van der Waals surface area contributed by atoms with Crippen molar-refractivity contribution < 1.29 is 0 Å². The van der Waals surface area contributed by atoms with E-state index in [9.17, 15) is 0 Å². The lowest BCUT2D eigenvalue weighted by Gasteiger charge is -1.84. The van der Waals surface area contributed by atoms with E-state index >= 15 is 0 Å². The lowest BCUT2D eigenvalue weighted by atomic mass is 10.4. The zero-order chi connectivity index (χ0) is 8.67. The highest BCUT2D eigenvalue weighted by atomic mass is 32.1. The minimum absolute atomic E-state index is 0.948. The molecule has 0 aromatic carbocycles. The molecule has 0 bridgehead atoms. The van der Waals surface area contributed by atoms with E-state index in [4.69, 9.17) is 0 Å². The molecule has 3 aromatic heterocycles. The molecule has 0 spiro atoms. The highest BCUT2D eigenvalue weighted by molar-refractivity contribution is 7.15. The molecule has 0 aliphatic carbocycles. The average Bonchev–Trinajstić information content (AvgIpc) is 2.78. The molecule has 3 nitrogen and oxygen atoms in total. The van der Waals surface area contributed by atoms with Gasteiger partial charge in [0.05, 0.1) is 11.1 Å². The number of imidazole rings is 1. The van der Waals surface area contributed by atoms with E-state index in [2.05, 4.69) is 21.5 Å². The number of aromatic nitrogens is 3. The molecule has 0 atom stereocenters. The van der Waals surface area contributed by atoms with Crippen molar-refractivity contribution in [1.29, 1.82) is 0 Å². The van der Waals surface area contributed by atoms with Crippen molar-refractivity contribution in [1.82, 2.24) is 14.6 Å². The summed E-state index contributed by atoms with van der Waals surface area (Å²) in [5.74, 6) is 0. The number of hydrogen-bond acceptors (Lipinski definition) is 4. The van der Waals surface area contributed by atoms with E-state index in [1.807, 2.05) is 12.3 Å². The molecule has 3 rings (SSSR count). The van der Waals surface area contributed by atoms with Crippen LogP contribution in [-0.4, -0.2) is 14.6 Å². The van der Waals surface area contributed by atoms with Crippen molar-refractivity contribution in [2.24, 2.45) is 0 Å². The Kier molecular flexibility index (Phi) is 1.47. The molecule has 0 aliphatic rings. The van der Waals surface area contributed by atoms with Crippen molar-refractivity contribution in [3.8, 4) is 10.6 Å². The van der Waals surface area contributed by atoms with Crippen molar-refractivity contribution in [2.45, 2.75) is 0 Å². The van der Waals surface area contributed by atoms with Crippen molar-refractivity contribution in [3.05, 3.63) is 29.2 Å². The van der Waals surface area contributed by atoms with Crippen LogP contribution in [0.2, 0.25) is 0 Å². The van der Waals surface area contributed by atoms with Crippen LogP contribution < -0.4 is 0 Å². The second-order valence-corrected chi connectivity index (χ2v) is 4.33. The van der Waals surface area contributed by atoms with Crippen molar-refractivity contribution in [3.63, 3.8) is 0 Å². The number of hydrogen-bond donors (Lipinski definition) is 0. The minimum Gasteiger partial charge on any atom is -0.217 e.